The Kier molecular flexibility index (Phi) is 6.84. The fraction of sp³-hybridized carbons (Fsp3) is 0.938. The Morgan fingerprint density at radius 2 is 2.00 bits per heavy atom. The maximum absolute atomic E-state index is 12.2. The van der Waals surface area contributed by atoms with Crippen molar-refractivity contribution in [2.75, 3.05) is 0 Å². The topological polar surface area (TPSA) is 55.1 Å². The van der Waals surface area contributed by atoms with E-state index in [9.17, 15) is 4.79 Å². The highest BCUT2D eigenvalue weighted by atomic mass is 16.1. The highest BCUT2D eigenvalue weighted by Gasteiger charge is 2.32. The first-order valence-corrected chi connectivity index (χ1v) is 8.01. The maximum Gasteiger partial charge on any atom is 0.223 e. The third-order valence-corrected chi connectivity index (χ3v) is 4.82. The second-order valence-electron chi connectivity index (χ2n) is 6.53. The molecule has 1 fully saturated rings. The molecule has 0 aromatic heterocycles. The van der Waals surface area contributed by atoms with Crippen LogP contribution in [0.25, 0.3) is 0 Å². The molecule has 112 valence electrons. The Bertz CT molecular complexity index is 278. The molecule has 0 radical (unpaired) electrons. The lowest BCUT2D eigenvalue weighted by Crippen LogP contribution is -2.40. The van der Waals surface area contributed by atoms with Crippen molar-refractivity contribution in [3.63, 3.8) is 0 Å². The van der Waals surface area contributed by atoms with Crippen LogP contribution in [0, 0.1) is 17.8 Å². The van der Waals surface area contributed by atoms with Gasteiger partial charge >= 0.3 is 0 Å². The summed E-state index contributed by atoms with van der Waals surface area (Å²) in [5, 5.41) is 3.26. The Morgan fingerprint density at radius 3 is 2.53 bits per heavy atom. The van der Waals surface area contributed by atoms with Crippen LogP contribution >= 0.6 is 0 Å². The fourth-order valence-electron chi connectivity index (χ4n) is 3.23. The van der Waals surface area contributed by atoms with Crippen LogP contribution in [0.4, 0.5) is 0 Å². The van der Waals surface area contributed by atoms with E-state index < -0.39 is 0 Å². The van der Waals surface area contributed by atoms with Crippen molar-refractivity contribution < 1.29 is 4.79 Å². The molecule has 0 saturated heterocycles. The summed E-state index contributed by atoms with van der Waals surface area (Å²) in [4.78, 5) is 12.2. The predicted molar refractivity (Wildman–Crippen MR) is 80.8 cm³/mol. The minimum Gasteiger partial charge on any atom is -0.353 e. The van der Waals surface area contributed by atoms with Gasteiger partial charge in [-0.1, -0.05) is 33.6 Å². The zero-order chi connectivity index (χ0) is 14.4. The van der Waals surface area contributed by atoms with Crippen LogP contribution in [-0.2, 0) is 4.79 Å². The SMILES string of the molecule is CCC1CCC(NC(=O)C(C)CCCC(C)N)C1C. The Hall–Kier alpha value is -0.570. The molecular weight excluding hydrogens is 236 g/mol. The van der Waals surface area contributed by atoms with Crippen molar-refractivity contribution in [1.82, 2.24) is 5.32 Å². The Labute approximate surface area is 118 Å². The van der Waals surface area contributed by atoms with E-state index in [1.54, 1.807) is 0 Å². The summed E-state index contributed by atoms with van der Waals surface area (Å²) in [6.07, 6.45) is 6.65. The Morgan fingerprint density at radius 1 is 1.32 bits per heavy atom. The molecule has 5 atom stereocenters. The Balaban J connectivity index is 2.30. The van der Waals surface area contributed by atoms with Gasteiger partial charge in [-0.2, -0.15) is 0 Å². The molecule has 0 spiro atoms. The number of amides is 1. The lowest BCUT2D eigenvalue weighted by atomic mass is 9.93. The predicted octanol–water partition coefficient (Wildman–Crippen LogP) is 3.08. The van der Waals surface area contributed by atoms with E-state index in [2.05, 4.69) is 19.2 Å². The van der Waals surface area contributed by atoms with E-state index in [1.165, 1.54) is 12.8 Å². The van der Waals surface area contributed by atoms with E-state index in [4.69, 9.17) is 5.73 Å². The van der Waals surface area contributed by atoms with Crippen molar-refractivity contribution in [2.45, 2.75) is 78.3 Å². The van der Waals surface area contributed by atoms with E-state index in [0.29, 0.717) is 12.0 Å². The molecule has 0 bridgehead atoms. The number of carbonyl (C=O) groups is 1. The number of hydrogen-bond donors (Lipinski definition) is 2. The number of rotatable bonds is 7. The van der Waals surface area contributed by atoms with Gasteiger partial charge in [0.1, 0.15) is 0 Å². The molecule has 0 heterocycles. The number of nitrogens with two attached hydrogens (primary N) is 1. The highest BCUT2D eigenvalue weighted by molar-refractivity contribution is 5.78. The summed E-state index contributed by atoms with van der Waals surface area (Å²) in [6, 6.07) is 0.642. The van der Waals surface area contributed by atoms with Gasteiger partial charge in [-0.05, 0) is 44.4 Å². The minimum absolute atomic E-state index is 0.117. The van der Waals surface area contributed by atoms with Crippen LogP contribution in [0.5, 0.6) is 0 Å². The summed E-state index contributed by atoms with van der Waals surface area (Å²) in [5.41, 5.74) is 5.74. The van der Waals surface area contributed by atoms with Gasteiger partial charge < -0.3 is 11.1 Å². The van der Waals surface area contributed by atoms with E-state index in [-0.39, 0.29) is 17.9 Å². The second kappa shape index (κ2) is 7.88. The van der Waals surface area contributed by atoms with Crippen molar-refractivity contribution >= 4 is 5.91 Å². The second-order valence-corrected chi connectivity index (χ2v) is 6.53. The summed E-state index contributed by atoms with van der Waals surface area (Å²) in [5.74, 6) is 1.77. The molecule has 1 saturated carbocycles. The minimum atomic E-state index is 0.117. The van der Waals surface area contributed by atoms with E-state index in [0.717, 1.165) is 31.6 Å². The lowest BCUT2D eigenvalue weighted by molar-refractivity contribution is -0.125. The van der Waals surface area contributed by atoms with Crippen LogP contribution in [0.1, 0.15) is 66.2 Å². The zero-order valence-electron chi connectivity index (χ0n) is 13.1. The highest BCUT2D eigenvalue weighted by Crippen LogP contribution is 2.34. The van der Waals surface area contributed by atoms with Gasteiger partial charge in [0.15, 0.2) is 0 Å². The normalized spacial score (nSPS) is 30.1. The molecule has 1 amide bonds. The van der Waals surface area contributed by atoms with Crippen LogP contribution in [0.2, 0.25) is 0 Å². The van der Waals surface area contributed by atoms with Crippen molar-refractivity contribution in [2.24, 2.45) is 23.5 Å². The van der Waals surface area contributed by atoms with Gasteiger partial charge in [0, 0.05) is 18.0 Å². The van der Waals surface area contributed by atoms with Gasteiger partial charge in [0.05, 0.1) is 0 Å². The molecule has 3 nitrogen and oxygen atoms in total. The molecule has 19 heavy (non-hydrogen) atoms. The summed E-state index contributed by atoms with van der Waals surface area (Å²) < 4.78 is 0. The quantitative estimate of drug-likeness (QED) is 0.745. The zero-order valence-corrected chi connectivity index (χ0v) is 13.1. The van der Waals surface area contributed by atoms with Gasteiger partial charge in [-0.3, -0.25) is 4.79 Å². The summed E-state index contributed by atoms with van der Waals surface area (Å²) >= 11 is 0. The maximum atomic E-state index is 12.2. The van der Waals surface area contributed by atoms with Crippen LogP contribution in [0.15, 0.2) is 0 Å². The molecule has 1 aliphatic carbocycles. The molecular formula is C16H32N2O. The number of carbonyl (C=O) groups excluding carboxylic acids is 1. The third-order valence-electron chi connectivity index (χ3n) is 4.82. The molecule has 5 unspecified atom stereocenters. The van der Waals surface area contributed by atoms with E-state index >= 15 is 0 Å². The van der Waals surface area contributed by atoms with Crippen LogP contribution in [-0.4, -0.2) is 18.0 Å². The average molecular weight is 268 g/mol. The monoisotopic (exact) mass is 268 g/mol. The van der Waals surface area contributed by atoms with Gasteiger partial charge in [0.2, 0.25) is 5.91 Å². The molecule has 1 aliphatic rings. The lowest BCUT2D eigenvalue weighted by Gasteiger charge is -2.23. The van der Waals surface area contributed by atoms with Crippen molar-refractivity contribution in [3.8, 4) is 0 Å². The molecule has 0 aliphatic heterocycles. The fourth-order valence-corrected chi connectivity index (χ4v) is 3.23. The van der Waals surface area contributed by atoms with Crippen LogP contribution < -0.4 is 11.1 Å². The van der Waals surface area contributed by atoms with Gasteiger partial charge in [-0.15, -0.1) is 0 Å². The van der Waals surface area contributed by atoms with E-state index in [1.807, 2.05) is 13.8 Å². The first-order valence-electron chi connectivity index (χ1n) is 8.01. The molecule has 1 rings (SSSR count). The standard InChI is InChI=1S/C16H32N2O/c1-5-14-9-10-15(13(14)4)18-16(19)11(2)7-6-8-12(3)17/h11-15H,5-10,17H2,1-4H3,(H,18,19). The molecule has 0 aromatic rings. The first-order chi connectivity index (χ1) is 8.95. The summed E-state index contributed by atoms with van der Waals surface area (Å²) in [7, 11) is 0. The van der Waals surface area contributed by atoms with Gasteiger partial charge in [0.25, 0.3) is 0 Å². The van der Waals surface area contributed by atoms with Crippen molar-refractivity contribution in [3.05, 3.63) is 0 Å². The van der Waals surface area contributed by atoms with Crippen molar-refractivity contribution in [1.29, 1.82) is 0 Å². The smallest absolute Gasteiger partial charge is 0.223 e. The summed E-state index contributed by atoms with van der Waals surface area (Å²) in [6.45, 7) is 8.60. The molecule has 3 heteroatoms. The average Bonchev–Trinajstić information content (AvgIpc) is 2.69. The largest absolute Gasteiger partial charge is 0.353 e. The third kappa shape index (κ3) is 5.13. The van der Waals surface area contributed by atoms with Gasteiger partial charge in [-0.25, -0.2) is 0 Å². The number of hydrogen-bond acceptors (Lipinski definition) is 2. The van der Waals surface area contributed by atoms with Crippen LogP contribution in [0.3, 0.4) is 0 Å². The number of nitrogens with one attached hydrogen (secondary N) is 1. The molecule has 3 N–H and O–H groups in total. The first kappa shape index (κ1) is 16.5. The molecule has 0 aromatic carbocycles.